The molecule has 0 saturated carbocycles. The summed E-state index contributed by atoms with van der Waals surface area (Å²) in [5.41, 5.74) is 4.34. The van der Waals surface area contributed by atoms with Crippen molar-refractivity contribution >= 4 is 22.8 Å². The minimum Gasteiger partial charge on any atom is -0.460 e. The van der Waals surface area contributed by atoms with Crippen LogP contribution in [-0.4, -0.2) is 29.6 Å². The fourth-order valence-electron chi connectivity index (χ4n) is 3.26. The van der Waals surface area contributed by atoms with Crippen molar-refractivity contribution in [3.8, 4) is 0 Å². The molecule has 0 amide bonds. The molecular weight excluding hydrogens is 318 g/mol. The number of aryl methyl sites for hydroxylation is 2. The molecule has 0 spiro atoms. The number of aromatic nitrogens is 1. The Bertz CT molecular complexity index is 826. The molecule has 0 fully saturated rings. The van der Waals surface area contributed by atoms with Crippen LogP contribution in [-0.2, 0) is 27.1 Å². The molecule has 132 valence electrons. The summed E-state index contributed by atoms with van der Waals surface area (Å²) in [6.07, 6.45) is 3.55. The number of pyridine rings is 1. The van der Waals surface area contributed by atoms with Crippen molar-refractivity contribution in [2.75, 3.05) is 6.61 Å². The third kappa shape index (κ3) is 3.81. The zero-order valence-corrected chi connectivity index (χ0v) is 14.9. The second kappa shape index (κ2) is 7.21. The molecule has 0 unspecified atom stereocenters. The van der Waals surface area contributed by atoms with Crippen LogP contribution in [0.3, 0.4) is 0 Å². The molecule has 3 rings (SSSR count). The fraction of sp³-hybridized carbons (Fsp3) is 0.450. The summed E-state index contributed by atoms with van der Waals surface area (Å²) in [7, 11) is 0. The topological polar surface area (TPSA) is 65.5 Å². The lowest BCUT2D eigenvalue weighted by Crippen LogP contribution is -2.21. The Morgan fingerprint density at radius 3 is 2.72 bits per heavy atom. The summed E-state index contributed by atoms with van der Waals surface area (Å²) < 4.78 is 10.3. The molecule has 0 aliphatic heterocycles. The first-order chi connectivity index (χ1) is 12.0. The molecule has 5 nitrogen and oxygen atoms in total. The van der Waals surface area contributed by atoms with Gasteiger partial charge in [-0.05, 0) is 64.2 Å². The van der Waals surface area contributed by atoms with Crippen molar-refractivity contribution in [1.82, 2.24) is 4.98 Å². The SMILES string of the molecule is Cc1ccc2nc3c(c(C(=O)OCC(=O)OC(C)C)c2c1)CCCC3. The van der Waals surface area contributed by atoms with Crippen LogP contribution in [0.2, 0.25) is 0 Å². The molecule has 25 heavy (non-hydrogen) atoms. The van der Waals surface area contributed by atoms with Gasteiger partial charge in [-0.3, -0.25) is 4.98 Å². The number of carbonyl (C=O) groups is 2. The molecule has 0 saturated heterocycles. The zero-order valence-electron chi connectivity index (χ0n) is 14.9. The Morgan fingerprint density at radius 1 is 1.20 bits per heavy atom. The molecule has 0 N–H and O–H groups in total. The van der Waals surface area contributed by atoms with Gasteiger partial charge in [0.15, 0.2) is 6.61 Å². The second-order valence-corrected chi connectivity index (χ2v) is 6.75. The Labute approximate surface area is 147 Å². The molecule has 1 aliphatic carbocycles. The molecule has 1 aromatic heterocycles. The number of benzene rings is 1. The van der Waals surface area contributed by atoms with E-state index in [1.165, 1.54) is 0 Å². The number of nitrogens with zero attached hydrogens (tertiary/aromatic N) is 1. The van der Waals surface area contributed by atoms with E-state index in [1.807, 2.05) is 25.1 Å². The lowest BCUT2D eigenvalue weighted by Gasteiger charge is -2.20. The number of ether oxygens (including phenoxy) is 2. The standard InChI is InChI=1S/C20H23NO4/c1-12(2)25-18(22)11-24-20(23)19-14-6-4-5-7-16(14)21-17-9-8-13(3)10-15(17)19/h8-10,12H,4-7,11H2,1-3H3. The smallest absolute Gasteiger partial charge is 0.344 e. The molecule has 5 heteroatoms. The van der Waals surface area contributed by atoms with E-state index in [2.05, 4.69) is 0 Å². The maximum atomic E-state index is 12.8. The molecular formula is C20H23NO4. The van der Waals surface area contributed by atoms with E-state index in [0.29, 0.717) is 5.56 Å². The third-order valence-electron chi connectivity index (χ3n) is 4.31. The highest BCUT2D eigenvalue weighted by Crippen LogP contribution is 2.30. The number of fused-ring (bicyclic) bond motifs is 2. The Balaban J connectivity index is 1.97. The van der Waals surface area contributed by atoms with E-state index in [0.717, 1.165) is 53.4 Å². The van der Waals surface area contributed by atoms with Crippen LogP contribution < -0.4 is 0 Å². The van der Waals surface area contributed by atoms with Gasteiger partial charge >= 0.3 is 11.9 Å². The van der Waals surface area contributed by atoms with E-state index < -0.39 is 11.9 Å². The maximum Gasteiger partial charge on any atom is 0.344 e. The van der Waals surface area contributed by atoms with Gasteiger partial charge in [-0.25, -0.2) is 9.59 Å². The molecule has 0 atom stereocenters. The van der Waals surface area contributed by atoms with Gasteiger partial charge < -0.3 is 9.47 Å². The van der Waals surface area contributed by atoms with Gasteiger partial charge in [0.25, 0.3) is 0 Å². The summed E-state index contributed by atoms with van der Waals surface area (Å²) in [5, 5.41) is 0.794. The highest BCUT2D eigenvalue weighted by molar-refractivity contribution is 6.05. The van der Waals surface area contributed by atoms with E-state index in [-0.39, 0.29) is 12.7 Å². The fourth-order valence-corrected chi connectivity index (χ4v) is 3.26. The first-order valence-corrected chi connectivity index (χ1v) is 8.74. The van der Waals surface area contributed by atoms with E-state index in [1.54, 1.807) is 13.8 Å². The van der Waals surface area contributed by atoms with Crippen LogP contribution in [0, 0.1) is 6.92 Å². The van der Waals surface area contributed by atoms with Gasteiger partial charge in [0.1, 0.15) is 0 Å². The number of carbonyl (C=O) groups excluding carboxylic acids is 2. The van der Waals surface area contributed by atoms with Gasteiger partial charge in [-0.15, -0.1) is 0 Å². The van der Waals surface area contributed by atoms with Crippen LogP contribution >= 0.6 is 0 Å². The van der Waals surface area contributed by atoms with Crippen molar-refractivity contribution < 1.29 is 19.1 Å². The lowest BCUT2D eigenvalue weighted by molar-refractivity contribution is -0.150. The molecule has 1 aromatic carbocycles. The van der Waals surface area contributed by atoms with Crippen LogP contribution in [0.1, 0.15) is 53.9 Å². The van der Waals surface area contributed by atoms with Crippen molar-refractivity contribution in [1.29, 1.82) is 0 Å². The van der Waals surface area contributed by atoms with Crippen LogP contribution in [0.25, 0.3) is 10.9 Å². The minimum absolute atomic E-state index is 0.233. The number of hydrogen-bond acceptors (Lipinski definition) is 5. The first-order valence-electron chi connectivity index (χ1n) is 8.74. The van der Waals surface area contributed by atoms with Crippen molar-refractivity contribution in [3.63, 3.8) is 0 Å². The quantitative estimate of drug-likeness (QED) is 0.796. The van der Waals surface area contributed by atoms with Gasteiger partial charge in [0, 0.05) is 11.1 Å². The summed E-state index contributed by atoms with van der Waals surface area (Å²) in [4.78, 5) is 29.2. The largest absolute Gasteiger partial charge is 0.460 e. The number of esters is 2. The zero-order chi connectivity index (χ0) is 18.0. The van der Waals surface area contributed by atoms with Gasteiger partial charge in [-0.2, -0.15) is 0 Å². The normalized spacial score (nSPS) is 13.6. The van der Waals surface area contributed by atoms with E-state index >= 15 is 0 Å². The van der Waals surface area contributed by atoms with Crippen LogP contribution in [0.5, 0.6) is 0 Å². The predicted octanol–water partition coefficient (Wildman–Crippen LogP) is 3.53. The summed E-state index contributed by atoms with van der Waals surface area (Å²) in [6, 6.07) is 5.88. The highest BCUT2D eigenvalue weighted by Gasteiger charge is 2.24. The average Bonchev–Trinajstić information content (AvgIpc) is 2.57. The molecule has 0 radical (unpaired) electrons. The summed E-state index contributed by atoms with van der Waals surface area (Å²) >= 11 is 0. The van der Waals surface area contributed by atoms with E-state index in [9.17, 15) is 9.59 Å². The number of rotatable bonds is 4. The van der Waals surface area contributed by atoms with E-state index in [4.69, 9.17) is 14.5 Å². The average molecular weight is 341 g/mol. The second-order valence-electron chi connectivity index (χ2n) is 6.75. The van der Waals surface area contributed by atoms with Gasteiger partial charge in [-0.1, -0.05) is 11.6 Å². The lowest BCUT2D eigenvalue weighted by atomic mass is 9.89. The van der Waals surface area contributed by atoms with Crippen LogP contribution in [0.15, 0.2) is 18.2 Å². The van der Waals surface area contributed by atoms with Crippen molar-refractivity contribution in [2.24, 2.45) is 0 Å². The first kappa shape index (κ1) is 17.4. The Hall–Kier alpha value is -2.43. The molecule has 0 bridgehead atoms. The van der Waals surface area contributed by atoms with Crippen molar-refractivity contribution in [2.45, 2.75) is 52.6 Å². The van der Waals surface area contributed by atoms with Gasteiger partial charge in [0.05, 0.1) is 17.2 Å². The monoisotopic (exact) mass is 341 g/mol. The maximum absolute atomic E-state index is 12.8. The van der Waals surface area contributed by atoms with Gasteiger partial charge in [0.2, 0.25) is 0 Å². The van der Waals surface area contributed by atoms with Crippen LogP contribution in [0.4, 0.5) is 0 Å². The number of hydrogen-bond donors (Lipinski definition) is 0. The minimum atomic E-state index is -0.535. The summed E-state index contributed by atoms with van der Waals surface area (Å²) in [5.74, 6) is -1.01. The Kier molecular flexibility index (Phi) is 5.02. The molecule has 2 aromatic rings. The predicted molar refractivity (Wildman–Crippen MR) is 94.6 cm³/mol. The van der Waals surface area contributed by atoms with Crippen molar-refractivity contribution in [3.05, 3.63) is 40.6 Å². The third-order valence-corrected chi connectivity index (χ3v) is 4.31. The highest BCUT2D eigenvalue weighted by atomic mass is 16.6. The molecule has 1 aliphatic rings. The molecule has 1 heterocycles. The summed E-state index contributed by atoms with van der Waals surface area (Å²) in [6.45, 7) is 5.12. The Morgan fingerprint density at radius 2 is 1.96 bits per heavy atom.